The maximum absolute atomic E-state index is 14.2. The number of nitrogens with one attached hydrogen (secondary N) is 2. The van der Waals surface area contributed by atoms with E-state index in [-0.39, 0.29) is 35.1 Å². The van der Waals surface area contributed by atoms with Crippen molar-refractivity contribution in [3.05, 3.63) is 83.3 Å². The van der Waals surface area contributed by atoms with Crippen molar-refractivity contribution in [2.75, 3.05) is 30.4 Å². The summed E-state index contributed by atoms with van der Waals surface area (Å²) < 4.78 is 19.8. The molecule has 0 unspecified atom stereocenters. The van der Waals surface area contributed by atoms with Gasteiger partial charge in [0.05, 0.1) is 30.1 Å². The molecule has 0 radical (unpaired) electrons. The maximum atomic E-state index is 14.2. The van der Waals surface area contributed by atoms with E-state index < -0.39 is 11.7 Å². The third-order valence-corrected chi connectivity index (χ3v) is 5.16. The van der Waals surface area contributed by atoms with Crippen molar-refractivity contribution in [2.45, 2.75) is 6.42 Å². The predicted molar refractivity (Wildman–Crippen MR) is 134 cm³/mol. The molecular formula is C25H22ClFN6O3. The molecule has 11 heteroatoms. The Labute approximate surface area is 212 Å². The minimum Gasteiger partial charge on any atom is -0.476 e. The van der Waals surface area contributed by atoms with Gasteiger partial charge >= 0.3 is 0 Å². The van der Waals surface area contributed by atoms with Gasteiger partial charge in [0.25, 0.3) is 5.91 Å². The summed E-state index contributed by atoms with van der Waals surface area (Å²) >= 11 is 6.13. The molecule has 0 aliphatic rings. The zero-order valence-electron chi connectivity index (χ0n) is 19.3. The van der Waals surface area contributed by atoms with E-state index in [4.69, 9.17) is 21.6 Å². The third-order valence-electron chi connectivity index (χ3n) is 4.90. The molecule has 0 spiro atoms. The lowest BCUT2D eigenvalue weighted by atomic mass is 10.1. The number of benzene rings is 2. The SMILES string of the molecule is C=CC(=O)N(C)c1cc(Nc2ncc(Cl)c(OCCCNC(=O)c3ccc(C#N)cc3)n2)ccc1F. The zero-order chi connectivity index (χ0) is 26.1. The van der Waals surface area contributed by atoms with Gasteiger partial charge in [-0.2, -0.15) is 10.2 Å². The monoisotopic (exact) mass is 508 g/mol. The molecular weight excluding hydrogens is 487 g/mol. The number of ether oxygens (including phenoxy) is 1. The van der Waals surface area contributed by atoms with Gasteiger partial charge < -0.3 is 20.3 Å². The van der Waals surface area contributed by atoms with Crippen LogP contribution in [0.1, 0.15) is 22.3 Å². The summed E-state index contributed by atoms with van der Waals surface area (Å²) in [5.41, 5.74) is 1.42. The molecule has 0 fully saturated rings. The van der Waals surface area contributed by atoms with E-state index in [1.54, 1.807) is 24.3 Å². The normalized spacial score (nSPS) is 10.2. The smallest absolute Gasteiger partial charge is 0.251 e. The van der Waals surface area contributed by atoms with Crippen molar-refractivity contribution in [3.8, 4) is 11.9 Å². The number of nitriles is 1. The molecule has 0 aliphatic heterocycles. The van der Waals surface area contributed by atoms with Crippen molar-refractivity contribution in [1.29, 1.82) is 5.26 Å². The average Bonchev–Trinajstić information content (AvgIpc) is 2.90. The highest BCUT2D eigenvalue weighted by Crippen LogP contribution is 2.27. The number of amides is 2. The molecule has 0 saturated carbocycles. The molecule has 3 rings (SSSR count). The van der Waals surface area contributed by atoms with Gasteiger partial charge in [0.2, 0.25) is 17.7 Å². The van der Waals surface area contributed by atoms with E-state index in [2.05, 4.69) is 27.2 Å². The summed E-state index contributed by atoms with van der Waals surface area (Å²) in [7, 11) is 1.43. The fourth-order valence-corrected chi connectivity index (χ4v) is 3.13. The molecule has 9 nitrogen and oxygen atoms in total. The maximum Gasteiger partial charge on any atom is 0.251 e. The van der Waals surface area contributed by atoms with Crippen LogP contribution in [0.2, 0.25) is 5.02 Å². The Morgan fingerprint density at radius 1 is 1.28 bits per heavy atom. The van der Waals surface area contributed by atoms with Crippen LogP contribution in [0.3, 0.4) is 0 Å². The first kappa shape index (κ1) is 26.1. The van der Waals surface area contributed by atoms with E-state index in [1.807, 2.05) is 6.07 Å². The number of halogens is 2. The van der Waals surface area contributed by atoms with Crippen LogP contribution in [-0.2, 0) is 4.79 Å². The molecule has 1 aromatic heterocycles. The van der Waals surface area contributed by atoms with Gasteiger partial charge in [-0.25, -0.2) is 9.37 Å². The molecule has 184 valence electrons. The first-order valence-electron chi connectivity index (χ1n) is 10.7. The summed E-state index contributed by atoms with van der Waals surface area (Å²) in [6, 6.07) is 12.4. The van der Waals surface area contributed by atoms with Crippen molar-refractivity contribution in [2.24, 2.45) is 0 Å². The van der Waals surface area contributed by atoms with E-state index in [0.717, 1.165) is 11.0 Å². The largest absolute Gasteiger partial charge is 0.476 e. The van der Waals surface area contributed by atoms with Crippen molar-refractivity contribution < 1.29 is 18.7 Å². The Bertz CT molecular complexity index is 1310. The fourth-order valence-electron chi connectivity index (χ4n) is 2.99. The first-order chi connectivity index (χ1) is 17.3. The second kappa shape index (κ2) is 12.3. The van der Waals surface area contributed by atoms with Gasteiger partial charge in [-0.3, -0.25) is 9.59 Å². The van der Waals surface area contributed by atoms with E-state index in [1.165, 1.54) is 31.4 Å². The number of anilines is 3. The van der Waals surface area contributed by atoms with Crippen LogP contribution in [0.25, 0.3) is 0 Å². The van der Waals surface area contributed by atoms with Gasteiger partial charge in [0.1, 0.15) is 10.8 Å². The Balaban J connectivity index is 1.55. The molecule has 36 heavy (non-hydrogen) atoms. The lowest BCUT2D eigenvalue weighted by Crippen LogP contribution is -2.25. The average molecular weight is 509 g/mol. The molecule has 0 bridgehead atoms. The summed E-state index contributed by atoms with van der Waals surface area (Å²) in [6.45, 7) is 3.97. The van der Waals surface area contributed by atoms with Crippen LogP contribution in [0.15, 0.2) is 61.3 Å². The van der Waals surface area contributed by atoms with Crippen molar-refractivity contribution >= 4 is 40.7 Å². The topological polar surface area (TPSA) is 120 Å². The number of hydrogen-bond acceptors (Lipinski definition) is 7. The molecule has 2 N–H and O–H groups in total. The number of carbonyl (C=O) groups excluding carboxylic acids is 2. The van der Waals surface area contributed by atoms with Crippen LogP contribution in [0.5, 0.6) is 5.88 Å². The van der Waals surface area contributed by atoms with Crippen molar-refractivity contribution in [1.82, 2.24) is 15.3 Å². The van der Waals surface area contributed by atoms with Crippen LogP contribution in [0.4, 0.5) is 21.7 Å². The number of hydrogen-bond donors (Lipinski definition) is 2. The third kappa shape index (κ3) is 6.77. The number of rotatable bonds is 10. The number of nitrogens with zero attached hydrogens (tertiary/aromatic N) is 4. The van der Waals surface area contributed by atoms with E-state index >= 15 is 0 Å². The lowest BCUT2D eigenvalue weighted by Gasteiger charge is -2.17. The number of likely N-dealkylation sites (N-methyl/N-ethyl adjacent to an activating group) is 1. The Kier molecular flexibility index (Phi) is 8.91. The van der Waals surface area contributed by atoms with E-state index in [9.17, 15) is 14.0 Å². The molecule has 0 aliphatic carbocycles. The zero-order valence-corrected chi connectivity index (χ0v) is 20.1. The molecule has 2 aromatic carbocycles. The number of carbonyl (C=O) groups is 2. The molecule has 0 saturated heterocycles. The van der Waals surface area contributed by atoms with Crippen LogP contribution in [-0.4, -0.2) is 42.0 Å². The second-order valence-electron chi connectivity index (χ2n) is 7.39. The van der Waals surface area contributed by atoms with Crippen LogP contribution >= 0.6 is 11.6 Å². The summed E-state index contributed by atoms with van der Waals surface area (Å²) in [5, 5.41) is 14.7. The first-order valence-corrected chi connectivity index (χ1v) is 11.1. The second-order valence-corrected chi connectivity index (χ2v) is 7.79. The highest BCUT2D eigenvalue weighted by atomic mass is 35.5. The minimum atomic E-state index is -0.578. The molecule has 3 aromatic rings. The van der Waals surface area contributed by atoms with Crippen LogP contribution in [0, 0.1) is 17.1 Å². The van der Waals surface area contributed by atoms with Gasteiger partial charge in [-0.1, -0.05) is 18.2 Å². The Hall–Kier alpha value is -4.49. The standard InChI is InChI=1S/C25H22ClFN6O3/c1-3-22(34)33(2)21-13-18(9-10-20(21)27)31-25-30-15-19(26)24(32-25)36-12-4-11-29-23(35)17-7-5-16(14-28)6-8-17/h3,5-10,13,15H,1,4,11-12H2,2H3,(H,29,35)(H,30,31,32). The quantitative estimate of drug-likeness (QED) is 0.310. The van der Waals surface area contributed by atoms with Gasteiger partial charge in [0, 0.05) is 24.8 Å². The molecule has 2 amide bonds. The predicted octanol–water partition coefficient (Wildman–Crippen LogP) is 4.23. The van der Waals surface area contributed by atoms with Gasteiger partial charge in [-0.15, -0.1) is 0 Å². The minimum absolute atomic E-state index is 0.0541. The fraction of sp³-hybridized carbons (Fsp3) is 0.160. The van der Waals surface area contributed by atoms with Crippen LogP contribution < -0.4 is 20.3 Å². The lowest BCUT2D eigenvalue weighted by molar-refractivity contribution is -0.113. The molecule has 0 atom stereocenters. The Morgan fingerprint density at radius 3 is 2.72 bits per heavy atom. The number of aromatic nitrogens is 2. The van der Waals surface area contributed by atoms with Crippen molar-refractivity contribution in [3.63, 3.8) is 0 Å². The summed E-state index contributed by atoms with van der Waals surface area (Å²) in [4.78, 5) is 33.4. The summed E-state index contributed by atoms with van der Waals surface area (Å²) in [6.07, 6.45) is 2.93. The van der Waals surface area contributed by atoms with Gasteiger partial charge in [0.15, 0.2) is 0 Å². The Morgan fingerprint density at radius 2 is 2.03 bits per heavy atom. The van der Waals surface area contributed by atoms with E-state index in [0.29, 0.717) is 29.8 Å². The summed E-state index contributed by atoms with van der Waals surface area (Å²) in [5.74, 6) is -1.01. The highest BCUT2D eigenvalue weighted by molar-refractivity contribution is 6.31. The van der Waals surface area contributed by atoms with Gasteiger partial charge in [-0.05, 0) is 55.0 Å². The molecule has 1 heterocycles. The highest BCUT2D eigenvalue weighted by Gasteiger charge is 2.14.